The first-order valence-corrected chi connectivity index (χ1v) is 6.87. The van der Waals surface area contributed by atoms with Crippen molar-refractivity contribution in [2.24, 2.45) is 5.92 Å². The number of nitrogens with zero attached hydrogens (tertiary/aromatic N) is 1. The van der Waals surface area contributed by atoms with Crippen LogP contribution in [-0.2, 0) is 4.79 Å². The van der Waals surface area contributed by atoms with Gasteiger partial charge in [-0.25, -0.2) is 0 Å². The van der Waals surface area contributed by atoms with E-state index in [1.807, 2.05) is 0 Å². The maximum absolute atomic E-state index is 12.2. The lowest BCUT2D eigenvalue weighted by atomic mass is 9.91. The Hall–Kier alpha value is -0.530. The molecule has 2 unspecified atom stereocenters. The number of carbonyl (C=O) groups excluding carboxylic acids is 1. The highest BCUT2D eigenvalue weighted by molar-refractivity contribution is 5.77. The Morgan fingerprint density at radius 1 is 1.38 bits per heavy atom. The van der Waals surface area contributed by atoms with Crippen LogP contribution in [0.1, 0.15) is 66.2 Å². The molecule has 2 heteroatoms. The molecule has 1 saturated heterocycles. The van der Waals surface area contributed by atoms with Gasteiger partial charge in [-0.3, -0.25) is 4.79 Å². The van der Waals surface area contributed by atoms with E-state index in [1.165, 1.54) is 25.7 Å². The second kappa shape index (κ2) is 6.27. The van der Waals surface area contributed by atoms with E-state index in [4.69, 9.17) is 0 Å². The van der Waals surface area contributed by atoms with Crippen molar-refractivity contribution in [1.82, 2.24) is 4.90 Å². The predicted molar refractivity (Wildman–Crippen MR) is 68.3 cm³/mol. The lowest BCUT2D eigenvalue weighted by Crippen LogP contribution is -2.46. The highest BCUT2D eigenvalue weighted by Crippen LogP contribution is 2.25. The molecule has 1 aliphatic heterocycles. The molecule has 0 aromatic heterocycles. The van der Waals surface area contributed by atoms with Crippen LogP contribution < -0.4 is 0 Å². The van der Waals surface area contributed by atoms with Crippen molar-refractivity contribution in [2.75, 3.05) is 0 Å². The molecule has 0 bridgehead atoms. The molecule has 0 radical (unpaired) electrons. The second-order valence-electron chi connectivity index (χ2n) is 5.58. The van der Waals surface area contributed by atoms with Crippen molar-refractivity contribution in [3.05, 3.63) is 0 Å². The summed E-state index contributed by atoms with van der Waals surface area (Å²) in [7, 11) is 0. The largest absolute Gasteiger partial charge is 0.337 e. The van der Waals surface area contributed by atoms with E-state index in [1.54, 1.807) is 0 Å². The highest BCUT2D eigenvalue weighted by Gasteiger charge is 2.28. The van der Waals surface area contributed by atoms with Gasteiger partial charge in [-0.15, -0.1) is 0 Å². The lowest BCUT2D eigenvalue weighted by molar-refractivity contribution is -0.137. The van der Waals surface area contributed by atoms with E-state index < -0.39 is 0 Å². The van der Waals surface area contributed by atoms with E-state index in [0.29, 0.717) is 23.9 Å². The fourth-order valence-corrected chi connectivity index (χ4v) is 2.88. The minimum absolute atomic E-state index is 0.356. The summed E-state index contributed by atoms with van der Waals surface area (Å²) in [5.74, 6) is 0.942. The first-order chi connectivity index (χ1) is 7.56. The van der Waals surface area contributed by atoms with Crippen LogP contribution in [0.4, 0.5) is 0 Å². The van der Waals surface area contributed by atoms with Crippen molar-refractivity contribution in [3.8, 4) is 0 Å². The summed E-state index contributed by atoms with van der Waals surface area (Å²) in [6.07, 6.45) is 6.79. The van der Waals surface area contributed by atoms with Crippen molar-refractivity contribution in [1.29, 1.82) is 0 Å². The van der Waals surface area contributed by atoms with E-state index in [-0.39, 0.29) is 0 Å². The smallest absolute Gasteiger partial charge is 0.223 e. The zero-order valence-electron chi connectivity index (χ0n) is 11.3. The number of carbonyl (C=O) groups is 1. The van der Waals surface area contributed by atoms with E-state index in [9.17, 15) is 4.79 Å². The predicted octanol–water partition coefficient (Wildman–Crippen LogP) is 3.60. The number of hydrogen-bond donors (Lipinski definition) is 0. The summed E-state index contributed by atoms with van der Waals surface area (Å²) in [5, 5.41) is 0. The Kier molecular flexibility index (Phi) is 5.30. The van der Waals surface area contributed by atoms with Crippen LogP contribution in [0.2, 0.25) is 0 Å². The van der Waals surface area contributed by atoms with Crippen LogP contribution in [0, 0.1) is 5.92 Å². The molecule has 1 rings (SSSR count). The second-order valence-corrected chi connectivity index (χ2v) is 5.58. The van der Waals surface area contributed by atoms with Crippen LogP contribution in [0.25, 0.3) is 0 Å². The zero-order chi connectivity index (χ0) is 12.1. The van der Waals surface area contributed by atoms with E-state index >= 15 is 0 Å². The third-order valence-corrected chi connectivity index (χ3v) is 3.62. The molecule has 0 N–H and O–H groups in total. The first-order valence-electron chi connectivity index (χ1n) is 6.87. The molecule has 2 nitrogen and oxygen atoms in total. The molecule has 94 valence electrons. The van der Waals surface area contributed by atoms with Gasteiger partial charge < -0.3 is 4.90 Å². The quantitative estimate of drug-likeness (QED) is 0.718. The standard InChI is InChI=1S/C14H27NO/c1-5-7-13-9-6-8-12(4)10-14(16)15(13)11(2)3/h11-13H,5-10H2,1-4H3. The molecule has 0 aromatic carbocycles. The molecule has 2 atom stereocenters. The van der Waals surface area contributed by atoms with Gasteiger partial charge in [0.1, 0.15) is 0 Å². The molecular formula is C14H27NO. The van der Waals surface area contributed by atoms with E-state index in [0.717, 1.165) is 12.8 Å². The Morgan fingerprint density at radius 2 is 2.06 bits per heavy atom. The minimum atomic E-state index is 0.356. The van der Waals surface area contributed by atoms with Gasteiger partial charge in [0.25, 0.3) is 0 Å². The maximum Gasteiger partial charge on any atom is 0.223 e. The van der Waals surface area contributed by atoms with Crippen LogP contribution in [0.5, 0.6) is 0 Å². The topological polar surface area (TPSA) is 20.3 Å². The Bertz CT molecular complexity index is 225. The number of hydrogen-bond acceptors (Lipinski definition) is 1. The van der Waals surface area contributed by atoms with Crippen LogP contribution in [0.15, 0.2) is 0 Å². The van der Waals surface area contributed by atoms with Gasteiger partial charge in [-0.1, -0.05) is 33.1 Å². The van der Waals surface area contributed by atoms with Gasteiger partial charge in [-0.2, -0.15) is 0 Å². The summed E-state index contributed by atoms with van der Waals surface area (Å²) in [6, 6.07) is 0.847. The van der Waals surface area contributed by atoms with Gasteiger partial charge in [0.05, 0.1) is 0 Å². The molecule has 16 heavy (non-hydrogen) atoms. The van der Waals surface area contributed by atoms with Crippen LogP contribution >= 0.6 is 0 Å². The Balaban J connectivity index is 2.76. The van der Waals surface area contributed by atoms with Crippen molar-refractivity contribution in [2.45, 2.75) is 78.3 Å². The lowest BCUT2D eigenvalue weighted by Gasteiger charge is -2.38. The Morgan fingerprint density at radius 3 is 2.62 bits per heavy atom. The summed E-state index contributed by atoms with van der Waals surface area (Å²) >= 11 is 0. The van der Waals surface area contributed by atoms with Gasteiger partial charge in [0.15, 0.2) is 0 Å². The fourth-order valence-electron chi connectivity index (χ4n) is 2.88. The third kappa shape index (κ3) is 3.50. The molecule has 1 fully saturated rings. The highest BCUT2D eigenvalue weighted by atomic mass is 16.2. The zero-order valence-corrected chi connectivity index (χ0v) is 11.3. The van der Waals surface area contributed by atoms with Crippen molar-refractivity contribution >= 4 is 5.91 Å². The SMILES string of the molecule is CCCC1CCCC(C)CC(=O)N1C(C)C. The third-order valence-electron chi connectivity index (χ3n) is 3.62. The molecule has 0 spiro atoms. The van der Waals surface area contributed by atoms with E-state index in [2.05, 4.69) is 32.6 Å². The molecule has 0 aliphatic carbocycles. The summed E-state index contributed by atoms with van der Waals surface area (Å²) in [6.45, 7) is 8.71. The monoisotopic (exact) mass is 225 g/mol. The molecule has 0 saturated carbocycles. The number of amides is 1. The molecular weight excluding hydrogens is 198 g/mol. The number of rotatable bonds is 3. The maximum atomic E-state index is 12.2. The average Bonchev–Trinajstić information content (AvgIpc) is 2.15. The molecule has 1 amide bonds. The van der Waals surface area contributed by atoms with Gasteiger partial charge in [0, 0.05) is 18.5 Å². The van der Waals surface area contributed by atoms with Gasteiger partial charge in [0.2, 0.25) is 5.91 Å². The van der Waals surface area contributed by atoms with Crippen LogP contribution in [-0.4, -0.2) is 22.9 Å². The van der Waals surface area contributed by atoms with Crippen molar-refractivity contribution in [3.63, 3.8) is 0 Å². The molecule has 1 heterocycles. The molecule has 0 aromatic rings. The Labute approximate surface area is 100 Å². The van der Waals surface area contributed by atoms with Crippen molar-refractivity contribution < 1.29 is 4.79 Å². The summed E-state index contributed by atoms with van der Waals surface area (Å²) in [5.41, 5.74) is 0. The molecule has 1 aliphatic rings. The van der Waals surface area contributed by atoms with Crippen LogP contribution in [0.3, 0.4) is 0 Å². The summed E-state index contributed by atoms with van der Waals surface area (Å²) in [4.78, 5) is 14.4. The first kappa shape index (κ1) is 13.5. The van der Waals surface area contributed by atoms with Gasteiger partial charge >= 0.3 is 0 Å². The normalized spacial score (nSPS) is 28.1. The average molecular weight is 225 g/mol. The van der Waals surface area contributed by atoms with Gasteiger partial charge in [-0.05, 0) is 32.6 Å². The minimum Gasteiger partial charge on any atom is -0.337 e. The number of likely N-dealkylation sites (tertiary alicyclic amines) is 1. The summed E-state index contributed by atoms with van der Waals surface area (Å²) < 4.78 is 0. The fraction of sp³-hybridized carbons (Fsp3) is 0.929.